The van der Waals surface area contributed by atoms with Gasteiger partial charge < -0.3 is 9.80 Å². The van der Waals surface area contributed by atoms with Gasteiger partial charge in [0, 0.05) is 37.5 Å². The Kier molecular flexibility index (Phi) is 3.64. The molecule has 5 nitrogen and oxygen atoms in total. The summed E-state index contributed by atoms with van der Waals surface area (Å²) in [6.45, 7) is 3.02. The fraction of sp³-hybridized carbons (Fsp3) is 0.688. The third-order valence-corrected chi connectivity index (χ3v) is 5.92. The zero-order valence-electron chi connectivity index (χ0n) is 12.7. The molecule has 1 atom stereocenters. The molecule has 6 heteroatoms. The summed E-state index contributed by atoms with van der Waals surface area (Å²) in [4.78, 5) is 33.2. The van der Waals surface area contributed by atoms with Crippen LogP contribution in [0.5, 0.6) is 0 Å². The number of nitrogens with zero attached hydrogens (tertiary/aromatic N) is 3. The van der Waals surface area contributed by atoms with Gasteiger partial charge in [0.15, 0.2) is 0 Å². The Balaban J connectivity index is 1.38. The lowest BCUT2D eigenvalue weighted by atomic mass is 10.1. The quantitative estimate of drug-likeness (QED) is 0.857. The van der Waals surface area contributed by atoms with Crippen LogP contribution in [0.25, 0.3) is 0 Å². The minimum Gasteiger partial charge on any atom is -0.342 e. The second kappa shape index (κ2) is 5.65. The molecule has 2 amide bonds. The van der Waals surface area contributed by atoms with Crippen molar-refractivity contribution in [2.45, 2.75) is 38.0 Å². The van der Waals surface area contributed by atoms with Gasteiger partial charge in [-0.15, -0.1) is 11.3 Å². The van der Waals surface area contributed by atoms with Gasteiger partial charge >= 0.3 is 0 Å². The first kappa shape index (κ1) is 14.2. The van der Waals surface area contributed by atoms with Gasteiger partial charge in [0.25, 0.3) is 5.91 Å². The van der Waals surface area contributed by atoms with E-state index >= 15 is 0 Å². The third kappa shape index (κ3) is 2.64. The van der Waals surface area contributed by atoms with Gasteiger partial charge in [-0.1, -0.05) is 0 Å². The van der Waals surface area contributed by atoms with E-state index < -0.39 is 0 Å². The van der Waals surface area contributed by atoms with Crippen LogP contribution in [0, 0.1) is 5.92 Å². The van der Waals surface area contributed by atoms with Gasteiger partial charge in [0.05, 0.1) is 10.9 Å². The molecular weight excluding hydrogens is 298 g/mol. The lowest BCUT2D eigenvalue weighted by molar-refractivity contribution is -0.133. The molecule has 2 saturated heterocycles. The van der Waals surface area contributed by atoms with Crippen LogP contribution in [0.4, 0.5) is 0 Å². The van der Waals surface area contributed by atoms with Crippen molar-refractivity contribution in [3.05, 3.63) is 16.1 Å². The number of aromatic nitrogens is 1. The lowest BCUT2D eigenvalue weighted by Gasteiger charge is -2.20. The molecule has 1 unspecified atom stereocenters. The summed E-state index contributed by atoms with van der Waals surface area (Å²) in [5.41, 5.74) is 0.571. The average molecular weight is 319 g/mol. The first-order valence-corrected chi connectivity index (χ1v) is 9.14. The van der Waals surface area contributed by atoms with Crippen molar-refractivity contribution in [2.75, 3.05) is 26.2 Å². The molecule has 0 radical (unpaired) electrons. The summed E-state index contributed by atoms with van der Waals surface area (Å²) in [5, 5.41) is 2.98. The molecule has 118 valence electrons. The van der Waals surface area contributed by atoms with Gasteiger partial charge in [0.2, 0.25) is 5.91 Å². The maximum absolute atomic E-state index is 12.5. The van der Waals surface area contributed by atoms with Crippen molar-refractivity contribution in [3.8, 4) is 0 Å². The van der Waals surface area contributed by atoms with Crippen LogP contribution in [0.2, 0.25) is 0 Å². The summed E-state index contributed by atoms with van der Waals surface area (Å²) in [6.07, 6.45) is 5.43. The molecule has 3 heterocycles. The Hall–Kier alpha value is -1.43. The van der Waals surface area contributed by atoms with Crippen molar-refractivity contribution < 1.29 is 9.59 Å². The van der Waals surface area contributed by atoms with Gasteiger partial charge in [-0.3, -0.25) is 9.59 Å². The third-order valence-electron chi connectivity index (χ3n) is 4.91. The number of hydrogen-bond donors (Lipinski definition) is 0. The maximum atomic E-state index is 12.5. The zero-order valence-corrected chi connectivity index (χ0v) is 13.5. The molecule has 2 aliphatic heterocycles. The zero-order chi connectivity index (χ0) is 15.1. The number of carbonyl (C=O) groups excluding carboxylic acids is 2. The van der Waals surface area contributed by atoms with E-state index in [0.717, 1.165) is 37.4 Å². The molecule has 3 aliphatic rings. The molecule has 1 aliphatic carbocycles. The van der Waals surface area contributed by atoms with Gasteiger partial charge in [-0.2, -0.15) is 0 Å². The molecule has 0 spiro atoms. The highest BCUT2D eigenvalue weighted by Gasteiger charge is 2.35. The first-order valence-electron chi connectivity index (χ1n) is 8.26. The Morgan fingerprint density at radius 3 is 2.59 bits per heavy atom. The first-order chi connectivity index (χ1) is 10.7. The predicted molar refractivity (Wildman–Crippen MR) is 83.9 cm³/mol. The number of hydrogen-bond acceptors (Lipinski definition) is 4. The van der Waals surface area contributed by atoms with Gasteiger partial charge in [-0.05, 0) is 32.1 Å². The predicted octanol–water partition coefficient (Wildman–Crippen LogP) is 2.10. The Labute approximate surface area is 134 Å². The van der Waals surface area contributed by atoms with E-state index in [1.807, 2.05) is 15.2 Å². The fourth-order valence-electron chi connectivity index (χ4n) is 3.41. The summed E-state index contributed by atoms with van der Waals surface area (Å²) in [5.74, 6) is 0.822. The highest BCUT2D eigenvalue weighted by atomic mass is 32.1. The number of carbonyl (C=O) groups is 2. The molecule has 3 fully saturated rings. The highest BCUT2D eigenvalue weighted by molar-refractivity contribution is 7.10. The topological polar surface area (TPSA) is 53.5 Å². The molecule has 1 aromatic heterocycles. The lowest BCUT2D eigenvalue weighted by Crippen LogP contribution is -2.36. The van der Waals surface area contributed by atoms with E-state index in [9.17, 15) is 9.59 Å². The van der Waals surface area contributed by atoms with Crippen molar-refractivity contribution in [1.29, 1.82) is 0 Å². The second-order valence-electron chi connectivity index (χ2n) is 6.61. The van der Waals surface area contributed by atoms with Crippen molar-refractivity contribution in [3.63, 3.8) is 0 Å². The average Bonchev–Trinajstić information content (AvgIpc) is 3.04. The van der Waals surface area contributed by atoms with E-state index in [2.05, 4.69) is 4.98 Å². The van der Waals surface area contributed by atoms with Crippen molar-refractivity contribution in [2.24, 2.45) is 5.92 Å². The molecule has 22 heavy (non-hydrogen) atoms. The molecule has 1 saturated carbocycles. The number of amides is 2. The van der Waals surface area contributed by atoms with Crippen LogP contribution in [0.3, 0.4) is 0 Å². The normalized spacial score (nSPS) is 25.0. The Morgan fingerprint density at radius 1 is 1.09 bits per heavy atom. The number of likely N-dealkylation sites (tertiary alicyclic amines) is 2. The van der Waals surface area contributed by atoms with Crippen molar-refractivity contribution >= 4 is 23.2 Å². The molecule has 4 rings (SSSR count). The van der Waals surface area contributed by atoms with E-state index in [0.29, 0.717) is 24.7 Å². The van der Waals surface area contributed by atoms with Crippen LogP contribution in [-0.4, -0.2) is 52.8 Å². The minimum atomic E-state index is -0.0106. The summed E-state index contributed by atoms with van der Waals surface area (Å²) in [7, 11) is 0. The standard InChI is InChI=1S/C16H21N3O2S/c20-15(18-6-1-2-7-18)12-5-8-19(9-12)16(21)13-10-22-14(17-13)11-3-4-11/h10-12H,1-9H2. The number of rotatable bonds is 3. The van der Waals surface area contributed by atoms with E-state index in [-0.39, 0.29) is 17.7 Å². The maximum Gasteiger partial charge on any atom is 0.273 e. The van der Waals surface area contributed by atoms with Crippen LogP contribution < -0.4 is 0 Å². The molecule has 0 aromatic carbocycles. The Morgan fingerprint density at radius 2 is 1.86 bits per heavy atom. The Bertz CT molecular complexity index is 590. The molecule has 1 aromatic rings. The van der Waals surface area contributed by atoms with Crippen LogP contribution in [-0.2, 0) is 4.79 Å². The monoisotopic (exact) mass is 319 g/mol. The summed E-state index contributed by atoms with van der Waals surface area (Å²) >= 11 is 1.60. The van der Waals surface area contributed by atoms with Gasteiger partial charge in [0.1, 0.15) is 5.69 Å². The molecular formula is C16H21N3O2S. The van der Waals surface area contributed by atoms with E-state index in [1.54, 1.807) is 11.3 Å². The van der Waals surface area contributed by atoms with Crippen molar-refractivity contribution in [1.82, 2.24) is 14.8 Å². The van der Waals surface area contributed by atoms with Crippen LogP contribution in [0.15, 0.2) is 5.38 Å². The molecule has 0 N–H and O–H groups in total. The smallest absolute Gasteiger partial charge is 0.273 e. The summed E-state index contributed by atoms with van der Waals surface area (Å²) < 4.78 is 0. The highest BCUT2D eigenvalue weighted by Crippen LogP contribution is 2.41. The fourth-order valence-corrected chi connectivity index (χ4v) is 4.37. The largest absolute Gasteiger partial charge is 0.342 e. The minimum absolute atomic E-state index is 0.000119. The SMILES string of the molecule is O=C(c1csc(C2CC2)n1)N1CCC(C(=O)N2CCCC2)C1. The van der Waals surface area contributed by atoms with Crippen LogP contribution >= 0.6 is 11.3 Å². The summed E-state index contributed by atoms with van der Waals surface area (Å²) in [6, 6.07) is 0. The van der Waals surface area contributed by atoms with Crippen LogP contribution in [0.1, 0.15) is 53.5 Å². The number of thiazole rings is 1. The van der Waals surface area contributed by atoms with Gasteiger partial charge in [-0.25, -0.2) is 4.98 Å². The van der Waals surface area contributed by atoms with E-state index in [1.165, 1.54) is 12.8 Å². The second-order valence-corrected chi connectivity index (χ2v) is 7.50. The molecule has 0 bridgehead atoms. The van der Waals surface area contributed by atoms with E-state index in [4.69, 9.17) is 0 Å².